The summed E-state index contributed by atoms with van der Waals surface area (Å²) in [6.07, 6.45) is 1.09. The quantitative estimate of drug-likeness (QED) is 0.893. The summed E-state index contributed by atoms with van der Waals surface area (Å²) in [7, 11) is 0. The van der Waals surface area contributed by atoms with E-state index in [0.29, 0.717) is 17.3 Å². The molecule has 1 aromatic rings. The van der Waals surface area contributed by atoms with E-state index in [1.165, 1.54) is 12.1 Å². The molecule has 1 atom stereocenters. The standard InChI is InChI=1S/C14H20ClFN2S/c1-13(2)3-4-19-9-14(13,8-17)18-12-6-10(15)5-11(16)7-12/h5-7,18H,3-4,8-9,17H2,1-2H3. The van der Waals surface area contributed by atoms with Crippen LogP contribution in [0.2, 0.25) is 5.02 Å². The summed E-state index contributed by atoms with van der Waals surface area (Å²) in [6.45, 7) is 4.95. The Balaban J connectivity index is 2.31. The molecule has 2 rings (SSSR count). The van der Waals surface area contributed by atoms with Gasteiger partial charge in [0.05, 0.1) is 5.54 Å². The second kappa shape index (κ2) is 5.51. The molecule has 1 fully saturated rings. The maximum atomic E-state index is 13.4. The lowest BCUT2D eigenvalue weighted by atomic mass is 9.70. The summed E-state index contributed by atoms with van der Waals surface area (Å²) in [4.78, 5) is 0. The van der Waals surface area contributed by atoms with E-state index >= 15 is 0 Å². The Bertz CT molecular complexity index is 447. The van der Waals surface area contributed by atoms with Crippen LogP contribution in [-0.4, -0.2) is 23.6 Å². The average molecular weight is 303 g/mol. The highest BCUT2D eigenvalue weighted by Crippen LogP contribution is 2.43. The molecule has 1 saturated heterocycles. The fourth-order valence-corrected chi connectivity index (χ4v) is 4.45. The summed E-state index contributed by atoms with van der Waals surface area (Å²) >= 11 is 7.80. The van der Waals surface area contributed by atoms with Gasteiger partial charge in [0.15, 0.2) is 0 Å². The number of thioether (sulfide) groups is 1. The van der Waals surface area contributed by atoms with Crippen LogP contribution >= 0.6 is 23.4 Å². The van der Waals surface area contributed by atoms with Gasteiger partial charge in [-0.3, -0.25) is 0 Å². The van der Waals surface area contributed by atoms with Gasteiger partial charge in [-0.05, 0) is 35.8 Å². The summed E-state index contributed by atoms with van der Waals surface area (Å²) in [5, 5.41) is 3.84. The SMILES string of the molecule is CC1(C)CCSCC1(CN)Nc1cc(F)cc(Cl)c1. The molecule has 19 heavy (non-hydrogen) atoms. The lowest BCUT2D eigenvalue weighted by Crippen LogP contribution is -2.60. The minimum Gasteiger partial charge on any atom is -0.377 e. The summed E-state index contributed by atoms with van der Waals surface area (Å²) in [5.41, 5.74) is 6.57. The Morgan fingerprint density at radius 1 is 1.42 bits per heavy atom. The Labute approximate surface area is 123 Å². The van der Waals surface area contributed by atoms with Crippen molar-refractivity contribution in [2.75, 3.05) is 23.4 Å². The maximum absolute atomic E-state index is 13.4. The number of hydrogen-bond donors (Lipinski definition) is 2. The number of halogens is 2. The third-order valence-corrected chi connectivity index (χ3v) is 5.52. The molecule has 106 valence electrons. The van der Waals surface area contributed by atoms with Gasteiger partial charge in [0.25, 0.3) is 0 Å². The van der Waals surface area contributed by atoms with Gasteiger partial charge in [-0.25, -0.2) is 4.39 Å². The molecule has 0 amide bonds. The molecular weight excluding hydrogens is 283 g/mol. The van der Waals surface area contributed by atoms with E-state index < -0.39 is 0 Å². The van der Waals surface area contributed by atoms with Crippen LogP contribution in [0.5, 0.6) is 0 Å². The second-order valence-corrected chi connectivity index (χ2v) is 7.30. The smallest absolute Gasteiger partial charge is 0.126 e. The van der Waals surface area contributed by atoms with Crippen molar-refractivity contribution in [1.29, 1.82) is 0 Å². The molecule has 1 heterocycles. The normalized spacial score (nSPS) is 26.2. The van der Waals surface area contributed by atoms with Gasteiger partial charge >= 0.3 is 0 Å². The van der Waals surface area contributed by atoms with Crippen molar-refractivity contribution in [3.8, 4) is 0 Å². The van der Waals surface area contributed by atoms with Crippen molar-refractivity contribution in [1.82, 2.24) is 0 Å². The monoisotopic (exact) mass is 302 g/mol. The lowest BCUT2D eigenvalue weighted by Gasteiger charge is -2.50. The summed E-state index contributed by atoms with van der Waals surface area (Å²) in [5.74, 6) is 1.73. The van der Waals surface area contributed by atoms with Crippen LogP contribution in [0.25, 0.3) is 0 Å². The van der Waals surface area contributed by atoms with E-state index in [4.69, 9.17) is 17.3 Å². The van der Waals surface area contributed by atoms with E-state index in [0.717, 1.165) is 17.9 Å². The summed E-state index contributed by atoms with van der Waals surface area (Å²) in [6, 6.07) is 4.53. The number of nitrogens with two attached hydrogens (primary N) is 1. The first-order chi connectivity index (χ1) is 8.88. The molecule has 1 aromatic carbocycles. The Kier molecular flexibility index (Phi) is 4.33. The number of anilines is 1. The zero-order valence-corrected chi connectivity index (χ0v) is 12.9. The van der Waals surface area contributed by atoms with Crippen LogP contribution < -0.4 is 11.1 Å². The molecule has 0 radical (unpaired) electrons. The molecule has 2 nitrogen and oxygen atoms in total. The van der Waals surface area contributed by atoms with Gasteiger partial charge in [0, 0.05) is 23.0 Å². The van der Waals surface area contributed by atoms with Gasteiger partial charge in [-0.2, -0.15) is 11.8 Å². The highest BCUT2D eigenvalue weighted by atomic mass is 35.5. The Morgan fingerprint density at radius 3 is 2.74 bits per heavy atom. The highest BCUT2D eigenvalue weighted by Gasteiger charge is 2.46. The third kappa shape index (κ3) is 3.01. The second-order valence-electron chi connectivity index (χ2n) is 5.76. The average Bonchev–Trinajstić information content (AvgIpc) is 2.30. The first-order valence-corrected chi connectivity index (χ1v) is 7.94. The fourth-order valence-electron chi connectivity index (χ4n) is 2.50. The lowest BCUT2D eigenvalue weighted by molar-refractivity contribution is 0.203. The number of hydrogen-bond acceptors (Lipinski definition) is 3. The van der Waals surface area contributed by atoms with Gasteiger partial charge < -0.3 is 11.1 Å². The topological polar surface area (TPSA) is 38.0 Å². The van der Waals surface area contributed by atoms with Crippen molar-refractivity contribution >= 4 is 29.1 Å². The fraction of sp³-hybridized carbons (Fsp3) is 0.571. The predicted octanol–water partition coefficient (Wildman–Crippen LogP) is 3.75. The third-order valence-electron chi connectivity index (χ3n) is 4.11. The van der Waals surface area contributed by atoms with Gasteiger partial charge in [0.1, 0.15) is 5.82 Å². The summed E-state index contributed by atoms with van der Waals surface area (Å²) < 4.78 is 13.4. The molecule has 0 bridgehead atoms. The molecule has 0 spiro atoms. The molecule has 0 aliphatic carbocycles. The zero-order valence-electron chi connectivity index (χ0n) is 11.3. The molecule has 3 N–H and O–H groups in total. The molecule has 1 unspecified atom stereocenters. The Morgan fingerprint density at radius 2 is 2.16 bits per heavy atom. The van der Waals surface area contributed by atoms with E-state index in [1.807, 2.05) is 11.8 Å². The first kappa shape index (κ1) is 14.9. The van der Waals surface area contributed by atoms with Crippen molar-refractivity contribution in [2.45, 2.75) is 25.8 Å². The predicted molar refractivity (Wildman–Crippen MR) is 82.5 cm³/mol. The highest BCUT2D eigenvalue weighted by molar-refractivity contribution is 7.99. The van der Waals surface area contributed by atoms with Gasteiger partial charge in [0.2, 0.25) is 0 Å². The molecule has 1 aliphatic heterocycles. The van der Waals surface area contributed by atoms with Crippen LogP contribution in [0.3, 0.4) is 0 Å². The van der Waals surface area contributed by atoms with E-state index in [2.05, 4.69) is 19.2 Å². The van der Waals surface area contributed by atoms with Crippen molar-refractivity contribution in [2.24, 2.45) is 11.1 Å². The molecule has 0 saturated carbocycles. The maximum Gasteiger partial charge on any atom is 0.126 e. The van der Waals surface area contributed by atoms with Crippen molar-refractivity contribution in [3.63, 3.8) is 0 Å². The van der Waals surface area contributed by atoms with Gasteiger partial charge in [-0.1, -0.05) is 25.4 Å². The minimum atomic E-state index is -0.330. The number of rotatable bonds is 3. The number of benzene rings is 1. The molecular formula is C14H20ClFN2S. The van der Waals surface area contributed by atoms with Crippen LogP contribution in [-0.2, 0) is 0 Å². The zero-order chi connectivity index (χ0) is 14.1. The van der Waals surface area contributed by atoms with Crippen molar-refractivity contribution < 1.29 is 4.39 Å². The number of nitrogens with one attached hydrogen (secondary N) is 1. The van der Waals surface area contributed by atoms with Gasteiger partial charge in [-0.15, -0.1) is 0 Å². The van der Waals surface area contributed by atoms with E-state index in [-0.39, 0.29) is 16.8 Å². The van der Waals surface area contributed by atoms with E-state index in [1.54, 1.807) is 6.07 Å². The minimum absolute atomic E-state index is 0.0613. The van der Waals surface area contributed by atoms with Crippen LogP contribution in [0, 0.1) is 11.2 Å². The van der Waals surface area contributed by atoms with Crippen molar-refractivity contribution in [3.05, 3.63) is 29.0 Å². The van der Waals surface area contributed by atoms with Crippen LogP contribution in [0.4, 0.5) is 10.1 Å². The molecule has 0 aromatic heterocycles. The van der Waals surface area contributed by atoms with Crippen LogP contribution in [0.1, 0.15) is 20.3 Å². The largest absolute Gasteiger partial charge is 0.377 e. The first-order valence-electron chi connectivity index (χ1n) is 6.41. The van der Waals surface area contributed by atoms with Crippen LogP contribution in [0.15, 0.2) is 18.2 Å². The molecule has 5 heteroatoms. The molecule has 1 aliphatic rings. The van der Waals surface area contributed by atoms with E-state index in [9.17, 15) is 4.39 Å². The Hall–Kier alpha value is -0.450.